The Hall–Kier alpha value is -1.56. The van der Waals surface area contributed by atoms with Gasteiger partial charge in [-0.1, -0.05) is 23.7 Å². The van der Waals surface area contributed by atoms with Gasteiger partial charge in [0.1, 0.15) is 0 Å². The molecular formula is C14H11BrClN3O. The van der Waals surface area contributed by atoms with Gasteiger partial charge in [-0.15, -0.1) is 0 Å². The monoisotopic (exact) mass is 351 g/mol. The van der Waals surface area contributed by atoms with E-state index in [0.29, 0.717) is 5.02 Å². The van der Waals surface area contributed by atoms with Gasteiger partial charge >= 0.3 is 5.69 Å². The van der Waals surface area contributed by atoms with E-state index in [-0.39, 0.29) is 11.7 Å². The number of nitrogens with one attached hydrogen (secondary N) is 2. The molecular weight excluding hydrogens is 342 g/mol. The third-order valence-electron chi connectivity index (χ3n) is 3.20. The Balaban J connectivity index is 2.04. The van der Waals surface area contributed by atoms with Crippen molar-refractivity contribution in [3.63, 3.8) is 0 Å². The van der Waals surface area contributed by atoms with Crippen molar-refractivity contribution in [2.24, 2.45) is 5.73 Å². The van der Waals surface area contributed by atoms with E-state index in [1.54, 1.807) is 0 Å². The summed E-state index contributed by atoms with van der Waals surface area (Å²) < 4.78 is 0.834. The lowest BCUT2D eigenvalue weighted by Crippen LogP contribution is -2.11. The summed E-state index contributed by atoms with van der Waals surface area (Å²) in [5.41, 5.74) is 9.36. The molecule has 4 N–H and O–H groups in total. The van der Waals surface area contributed by atoms with E-state index in [1.807, 2.05) is 36.4 Å². The predicted octanol–water partition coefficient (Wildman–Crippen LogP) is 3.32. The Labute approximate surface area is 128 Å². The van der Waals surface area contributed by atoms with Crippen LogP contribution in [0.2, 0.25) is 5.02 Å². The molecule has 1 aromatic heterocycles. The van der Waals surface area contributed by atoms with E-state index in [0.717, 1.165) is 26.6 Å². The number of rotatable bonds is 2. The van der Waals surface area contributed by atoms with E-state index in [9.17, 15) is 4.79 Å². The molecule has 6 heteroatoms. The zero-order chi connectivity index (χ0) is 14.3. The van der Waals surface area contributed by atoms with Crippen LogP contribution < -0.4 is 11.4 Å². The Bertz CT molecular complexity index is 840. The molecule has 3 rings (SSSR count). The molecule has 0 aliphatic carbocycles. The number of benzene rings is 2. The molecule has 1 atom stereocenters. The fourth-order valence-electron chi connectivity index (χ4n) is 2.14. The van der Waals surface area contributed by atoms with Crippen LogP contribution in [0.5, 0.6) is 0 Å². The Morgan fingerprint density at radius 2 is 1.70 bits per heavy atom. The number of aromatic amines is 2. The number of hydrogen-bond donors (Lipinski definition) is 3. The van der Waals surface area contributed by atoms with Crippen LogP contribution in [0.1, 0.15) is 17.2 Å². The molecule has 0 fully saturated rings. The SMILES string of the molecule is NC(c1ccc(Br)c(Cl)c1)c1ccc2[nH]c(=O)[nH]c2c1. The number of imidazole rings is 1. The lowest BCUT2D eigenvalue weighted by atomic mass is 9.99. The number of fused-ring (bicyclic) bond motifs is 1. The first-order valence-electron chi connectivity index (χ1n) is 5.97. The van der Waals surface area contributed by atoms with Crippen molar-refractivity contribution in [2.75, 3.05) is 0 Å². The van der Waals surface area contributed by atoms with Crippen LogP contribution in [0.15, 0.2) is 45.7 Å². The van der Waals surface area contributed by atoms with Crippen molar-refractivity contribution in [3.8, 4) is 0 Å². The summed E-state index contributed by atoms with van der Waals surface area (Å²) in [6, 6.07) is 10.9. The third-order valence-corrected chi connectivity index (χ3v) is 4.43. The highest BCUT2D eigenvalue weighted by molar-refractivity contribution is 9.10. The lowest BCUT2D eigenvalue weighted by molar-refractivity contribution is 0.873. The molecule has 0 amide bonds. The number of halogens is 2. The maximum absolute atomic E-state index is 11.3. The molecule has 0 bridgehead atoms. The average molecular weight is 353 g/mol. The third kappa shape index (κ3) is 2.40. The van der Waals surface area contributed by atoms with Crippen LogP contribution in [0, 0.1) is 0 Å². The van der Waals surface area contributed by atoms with Crippen molar-refractivity contribution in [3.05, 3.63) is 67.5 Å². The van der Waals surface area contributed by atoms with Gasteiger partial charge in [0.2, 0.25) is 0 Å². The molecule has 0 radical (unpaired) electrons. The molecule has 0 saturated carbocycles. The van der Waals surface area contributed by atoms with Gasteiger partial charge in [0.05, 0.1) is 22.1 Å². The van der Waals surface area contributed by atoms with E-state index in [4.69, 9.17) is 17.3 Å². The average Bonchev–Trinajstić information content (AvgIpc) is 2.80. The van der Waals surface area contributed by atoms with Crippen LogP contribution in [0.3, 0.4) is 0 Å². The molecule has 1 heterocycles. The highest BCUT2D eigenvalue weighted by Crippen LogP contribution is 2.28. The standard InChI is InChI=1S/C14H11BrClN3O/c15-9-3-1-7(5-10(9)16)13(17)8-2-4-11-12(6-8)19-14(20)18-11/h1-6,13H,17H2,(H2,18,19,20). The lowest BCUT2D eigenvalue weighted by Gasteiger charge is -2.13. The van der Waals surface area contributed by atoms with Gasteiger partial charge in [-0.2, -0.15) is 0 Å². The largest absolute Gasteiger partial charge is 0.323 e. The number of nitrogens with two attached hydrogens (primary N) is 1. The number of aromatic nitrogens is 2. The molecule has 1 unspecified atom stereocenters. The Kier molecular flexibility index (Phi) is 3.41. The summed E-state index contributed by atoms with van der Waals surface area (Å²) in [4.78, 5) is 16.7. The second-order valence-electron chi connectivity index (χ2n) is 4.54. The van der Waals surface area contributed by atoms with Gasteiger partial charge in [-0.3, -0.25) is 0 Å². The molecule has 0 saturated heterocycles. The molecule has 20 heavy (non-hydrogen) atoms. The summed E-state index contributed by atoms with van der Waals surface area (Å²) in [5.74, 6) is 0. The molecule has 0 aliphatic rings. The molecule has 0 spiro atoms. The first-order chi connectivity index (χ1) is 9.54. The highest BCUT2D eigenvalue weighted by Gasteiger charge is 2.11. The van der Waals surface area contributed by atoms with E-state index >= 15 is 0 Å². The van der Waals surface area contributed by atoms with Crippen molar-refractivity contribution in [1.82, 2.24) is 9.97 Å². The minimum absolute atomic E-state index is 0.225. The summed E-state index contributed by atoms with van der Waals surface area (Å²) in [6.45, 7) is 0. The van der Waals surface area contributed by atoms with Crippen LogP contribution >= 0.6 is 27.5 Å². The maximum atomic E-state index is 11.3. The van der Waals surface area contributed by atoms with Gasteiger partial charge in [0.25, 0.3) is 0 Å². The number of H-pyrrole nitrogens is 2. The van der Waals surface area contributed by atoms with Crippen molar-refractivity contribution >= 4 is 38.6 Å². The zero-order valence-corrected chi connectivity index (χ0v) is 12.6. The summed E-state index contributed by atoms with van der Waals surface area (Å²) in [7, 11) is 0. The maximum Gasteiger partial charge on any atom is 0.323 e. The summed E-state index contributed by atoms with van der Waals surface area (Å²) >= 11 is 9.44. The van der Waals surface area contributed by atoms with E-state index in [2.05, 4.69) is 25.9 Å². The fraction of sp³-hybridized carbons (Fsp3) is 0.0714. The highest BCUT2D eigenvalue weighted by atomic mass is 79.9. The zero-order valence-electron chi connectivity index (χ0n) is 10.3. The molecule has 2 aromatic carbocycles. The van der Waals surface area contributed by atoms with E-state index in [1.165, 1.54) is 0 Å². The predicted molar refractivity (Wildman–Crippen MR) is 84.1 cm³/mol. The Morgan fingerprint density at radius 3 is 2.45 bits per heavy atom. The Morgan fingerprint density at radius 1 is 1.05 bits per heavy atom. The molecule has 102 valence electrons. The van der Waals surface area contributed by atoms with Gasteiger partial charge in [0.15, 0.2) is 0 Å². The van der Waals surface area contributed by atoms with Crippen LogP contribution in [0.25, 0.3) is 11.0 Å². The smallest absolute Gasteiger partial charge is 0.320 e. The van der Waals surface area contributed by atoms with Gasteiger partial charge < -0.3 is 15.7 Å². The van der Waals surface area contributed by atoms with Crippen molar-refractivity contribution in [2.45, 2.75) is 6.04 Å². The quantitative estimate of drug-likeness (QED) is 0.662. The van der Waals surface area contributed by atoms with Crippen molar-refractivity contribution in [1.29, 1.82) is 0 Å². The van der Waals surface area contributed by atoms with Gasteiger partial charge in [-0.05, 0) is 51.3 Å². The topological polar surface area (TPSA) is 74.7 Å². The number of hydrogen-bond acceptors (Lipinski definition) is 2. The first kappa shape index (κ1) is 13.4. The minimum Gasteiger partial charge on any atom is -0.320 e. The van der Waals surface area contributed by atoms with Gasteiger partial charge in [-0.25, -0.2) is 4.79 Å². The van der Waals surface area contributed by atoms with Crippen LogP contribution in [-0.4, -0.2) is 9.97 Å². The first-order valence-corrected chi connectivity index (χ1v) is 7.14. The summed E-state index contributed by atoms with van der Waals surface area (Å²) in [6.07, 6.45) is 0. The van der Waals surface area contributed by atoms with Gasteiger partial charge in [0, 0.05) is 4.47 Å². The molecule has 3 aromatic rings. The van der Waals surface area contributed by atoms with Crippen LogP contribution in [0.4, 0.5) is 0 Å². The van der Waals surface area contributed by atoms with E-state index < -0.39 is 0 Å². The second kappa shape index (κ2) is 5.09. The molecule has 4 nitrogen and oxygen atoms in total. The fourth-order valence-corrected chi connectivity index (χ4v) is 2.58. The summed E-state index contributed by atoms with van der Waals surface area (Å²) in [5, 5.41) is 0.620. The van der Waals surface area contributed by atoms with Crippen molar-refractivity contribution < 1.29 is 0 Å². The molecule has 0 aliphatic heterocycles. The van der Waals surface area contributed by atoms with Crippen LogP contribution in [-0.2, 0) is 0 Å². The minimum atomic E-state index is -0.302. The second-order valence-corrected chi connectivity index (χ2v) is 5.80. The normalized spacial score (nSPS) is 12.8.